The molecular formula is C20H10Cl3N3O3S. The second-order valence-corrected chi connectivity index (χ2v) is 8.45. The number of thiazole rings is 1. The molecule has 3 aromatic carbocycles. The molecule has 0 saturated carbocycles. The summed E-state index contributed by atoms with van der Waals surface area (Å²) in [6, 6.07) is 14.4. The maximum atomic E-state index is 12.9. The van der Waals surface area contributed by atoms with Crippen molar-refractivity contribution in [1.82, 2.24) is 4.98 Å². The van der Waals surface area contributed by atoms with Crippen LogP contribution in [0.1, 0.15) is 10.4 Å². The molecule has 0 spiro atoms. The van der Waals surface area contributed by atoms with Crippen LogP contribution in [0.3, 0.4) is 0 Å². The number of halogens is 3. The van der Waals surface area contributed by atoms with Crippen LogP contribution in [0.5, 0.6) is 0 Å². The fourth-order valence-electron chi connectivity index (χ4n) is 2.84. The predicted octanol–water partition coefficient (Wildman–Crippen LogP) is 7.08. The Labute approximate surface area is 189 Å². The summed E-state index contributed by atoms with van der Waals surface area (Å²) in [4.78, 5) is 27.9. The van der Waals surface area contributed by atoms with E-state index in [0.29, 0.717) is 15.6 Å². The predicted molar refractivity (Wildman–Crippen MR) is 121 cm³/mol. The quantitative estimate of drug-likeness (QED) is 0.251. The molecule has 150 valence electrons. The minimum atomic E-state index is -0.643. The van der Waals surface area contributed by atoms with Gasteiger partial charge in [-0.1, -0.05) is 46.9 Å². The molecule has 0 aliphatic heterocycles. The molecule has 0 fully saturated rings. The second kappa shape index (κ2) is 8.20. The van der Waals surface area contributed by atoms with Gasteiger partial charge in [0, 0.05) is 22.7 Å². The van der Waals surface area contributed by atoms with Crippen LogP contribution in [0.2, 0.25) is 15.1 Å². The maximum Gasteiger partial charge on any atom is 0.270 e. The summed E-state index contributed by atoms with van der Waals surface area (Å²) in [7, 11) is 0. The zero-order valence-corrected chi connectivity index (χ0v) is 17.9. The number of benzene rings is 3. The Morgan fingerprint density at radius 3 is 2.53 bits per heavy atom. The molecule has 1 amide bonds. The number of nitro groups is 1. The van der Waals surface area contributed by atoms with Crippen molar-refractivity contribution in [2.24, 2.45) is 0 Å². The number of fused-ring (bicyclic) bond motifs is 1. The van der Waals surface area contributed by atoms with Gasteiger partial charge in [0.2, 0.25) is 0 Å². The van der Waals surface area contributed by atoms with E-state index in [0.717, 1.165) is 16.3 Å². The van der Waals surface area contributed by atoms with Crippen molar-refractivity contribution in [3.63, 3.8) is 0 Å². The molecule has 4 aromatic rings. The molecule has 0 radical (unpaired) electrons. The first-order chi connectivity index (χ1) is 14.3. The number of nitrogens with one attached hydrogen (secondary N) is 1. The first-order valence-electron chi connectivity index (χ1n) is 8.44. The van der Waals surface area contributed by atoms with Gasteiger partial charge in [-0.25, -0.2) is 4.98 Å². The SMILES string of the molecule is O=C(Nc1c(Cl)cc(Cl)cc1-c1nc2ccccc2s1)c1cc([N+](=O)[O-])ccc1Cl. The van der Waals surface area contributed by atoms with E-state index in [2.05, 4.69) is 10.3 Å². The number of hydrogen-bond donors (Lipinski definition) is 1. The average Bonchev–Trinajstić information content (AvgIpc) is 3.14. The Balaban J connectivity index is 1.79. The van der Waals surface area contributed by atoms with Crippen molar-refractivity contribution in [3.05, 3.63) is 85.3 Å². The van der Waals surface area contributed by atoms with Crippen molar-refractivity contribution in [3.8, 4) is 10.6 Å². The molecule has 0 bridgehead atoms. The number of carbonyl (C=O) groups excluding carboxylic acids is 1. The van der Waals surface area contributed by atoms with Crippen molar-refractivity contribution in [2.75, 3.05) is 5.32 Å². The van der Waals surface area contributed by atoms with Crippen LogP contribution in [-0.4, -0.2) is 15.8 Å². The summed E-state index contributed by atoms with van der Waals surface area (Å²) in [5, 5.41) is 15.0. The maximum absolute atomic E-state index is 12.9. The molecule has 10 heteroatoms. The first kappa shape index (κ1) is 20.6. The number of amides is 1. The summed E-state index contributed by atoms with van der Waals surface area (Å²) in [5.74, 6) is -0.643. The molecular weight excluding hydrogens is 469 g/mol. The van der Waals surface area contributed by atoms with Crippen molar-refractivity contribution < 1.29 is 9.72 Å². The number of carbonyl (C=O) groups is 1. The highest BCUT2D eigenvalue weighted by Crippen LogP contribution is 2.40. The zero-order chi connectivity index (χ0) is 21.4. The summed E-state index contributed by atoms with van der Waals surface area (Å²) in [6.45, 7) is 0. The largest absolute Gasteiger partial charge is 0.320 e. The molecule has 6 nitrogen and oxygen atoms in total. The molecule has 0 aliphatic carbocycles. The van der Waals surface area contributed by atoms with Gasteiger partial charge in [-0.05, 0) is 30.3 Å². The Hall–Kier alpha value is -2.71. The third-order valence-corrected chi connectivity index (χ3v) is 6.14. The molecule has 1 N–H and O–H groups in total. The van der Waals surface area contributed by atoms with Gasteiger partial charge in [0.15, 0.2) is 0 Å². The van der Waals surface area contributed by atoms with Crippen LogP contribution in [0.4, 0.5) is 11.4 Å². The second-order valence-electron chi connectivity index (χ2n) is 6.17. The first-order valence-corrected chi connectivity index (χ1v) is 10.4. The number of para-hydroxylation sites is 1. The number of nitrogens with zero attached hydrogens (tertiary/aromatic N) is 2. The molecule has 30 heavy (non-hydrogen) atoms. The van der Waals surface area contributed by atoms with Gasteiger partial charge in [-0.15, -0.1) is 11.3 Å². The molecule has 0 aliphatic rings. The van der Waals surface area contributed by atoms with E-state index >= 15 is 0 Å². The Bertz CT molecular complexity index is 1290. The summed E-state index contributed by atoms with van der Waals surface area (Å²) >= 11 is 20.1. The van der Waals surface area contributed by atoms with Gasteiger partial charge in [0.1, 0.15) is 5.01 Å². The van der Waals surface area contributed by atoms with Crippen LogP contribution in [0.25, 0.3) is 20.8 Å². The average molecular weight is 479 g/mol. The number of hydrogen-bond acceptors (Lipinski definition) is 5. The Kier molecular flexibility index (Phi) is 5.62. The summed E-state index contributed by atoms with van der Waals surface area (Å²) in [6.07, 6.45) is 0. The summed E-state index contributed by atoms with van der Waals surface area (Å²) in [5.41, 5.74) is 1.31. The minimum Gasteiger partial charge on any atom is -0.320 e. The van der Waals surface area contributed by atoms with Gasteiger partial charge in [0.05, 0.1) is 36.4 Å². The van der Waals surface area contributed by atoms with E-state index in [-0.39, 0.29) is 27.0 Å². The van der Waals surface area contributed by atoms with Crippen LogP contribution in [0, 0.1) is 10.1 Å². The van der Waals surface area contributed by atoms with Crippen molar-refractivity contribution in [2.45, 2.75) is 0 Å². The van der Waals surface area contributed by atoms with E-state index < -0.39 is 10.8 Å². The van der Waals surface area contributed by atoms with Crippen LogP contribution >= 0.6 is 46.1 Å². The van der Waals surface area contributed by atoms with Crippen molar-refractivity contribution in [1.29, 1.82) is 0 Å². The van der Waals surface area contributed by atoms with E-state index in [9.17, 15) is 14.9 Å². The van der Waals surface area contributed by atoms with Crippen LogP contribution in [0.15, 0.2) is 54.6 Å². The highest BCUT2D eigenvalue weighted by molar-refractivity contribution is 7.21. The summed E-state index contributed by atoms with van der Waals surface area (Å²) < 4.78 is 0.961. The third-order valence-electron chi connectivity index (χ3n) is 4.22. The lowest BCUT2D eigenvalue weighted by atomic mass is 10.1. The highest BCUT2D eigenvalue weighted by Gasteiger charge is 2.21. The topological polar surface area (TPSA) is 85.1 Å². The fourth-order valence-corrected chi connectivity index (χ4v) is 4.57. The lowest BCUT2D eigenvalue weighted by Crippen LogP contribution is -2.14. The van der Waals surface area contributed by atoms with E-state index in [1.54, 1.807) is 6.07 Å². The van der Waals surface area contributed by atoms with E-state index in [1.807, 2.05) is 24.3 Å². The molecule has 0 unspecified atom stereocenters. The zero-order valence-electron chi connectivity index (χ0n) is 14.9. The third kappa shape index (κ3) is 3.97. The minimum absolute atomic E-state index is 0.0490. The lowest BCUT2D eigenvalue weighted by molar-refractivity contribution is -0.384. The number of rotatable bonds is 4. The van der Waals surface area contributed by atoms with E-state index in [4.69, 9.17) is 34.8 Å². The lowest BCUT2D eigenvalue weighted by Gasteiger charge is -2.13. The monoisotopic (exact) mass is 477 g/mol. The number of aromatic nitrogens is 1. The van der Waals surface area contributed by atoms with Gasteiger partial charge < -0.3 is 5.32 Å². The van der Waals surface area contributed by atoms with Crippen molar-refractivity contribution >= 4 is 73.6 Å². The standard InChI is InChI=1S/C20H10Cl3N3O3S/c21-10-7-13(20-24-16-3-1-2-4-17(16)30-20)18(15(23)8-10)25-19(27)12-9-11(26(28)29)5-6-14(12)22/h1-9H,(H,25,27). The van der Waals surface area contributed by atoms with Crippen LogP contribution in [-0.2, 0) is 0 Å². The normalized spacial score (nSPS) is 10.9. The molecule has 4 rings (SSSR count). The fraction of sp³-hybridized carbons (Fsp3) is 0. The Morgan fingerprint density at radius 2 is 1.80 bits per heavy atom. The Morgan fingerprint density at radius 1 is 1.03 bits per heavy atom. The van der Waals surface area contributed by atoms with Gasteiger partial charge >= 0.3 is 0 Å². The number of nitro benzene ring substituents is 1. The highest BCUT2D eigenvalue weighted by atomic mass is 35.5. The smallest absolute Gasteiger partial charge is 0.270 e. The molecule has 0 atom stereocenters. The van der Waals surface area contributed by atoms with Gasteiger partial charge in [0.25, 0.3) is 11.6 Å². The van der Waals surface area contributed by atoms with E-state index in [1.165, 1.54) is 29.5 Å². The molecule has 0 saturated heterocycles. The van der Waals surface area contributed by atoms with Gasteiger partial charge in [-0.3, -0.25) is 14.9 Å². The number of non-ortho nitro benzene ring substituents is 1. The number of anilines is 1. The van der Waals surface area contributed by atoms with Crippen LogP contribution < -0.4 is 5.32 Å². The molecule has 1 aromatic heterocycles. The molecule has 1 heterocycles. The van der Waals surface area contributed by atoms with Gasteiger partial charge in [-0.2, -0.15) is 0 Å².